The van der Waals surface area contributed by atoms with Crippen LogP contribution in [0.2, 0.25) is 0 Å². The van der Waals surface area contributed by atoms with Gasteiger partial charge in [0.05, 0.1) is 5.69 Å². The molecule has 3 rings (SSSR count). The number of aryl methyl sites for hydroxylation is 1. The van der Waals surface area contributed by atoms with Crippen molar-refractivity contribution in [2.45, 2.75) is 65.2 Å². The monoisotopic (exact) mass is 300 g/mol. The van der Waals surface area contributed by atoms with Crippen LogP contribution in [0.25, 0.3) is 5.65 Å². The summed E-state index contributed by atoms with van der Waals surface area (Å²) < 4.78 is 2.01. The fourth-order valence-corrected chi connectivity index (χ4v) is 3.32. The normalized spacial score (nSPS) is 16.6. The lowest BCUT2D eigenvalue weighted by atomic mass is 10.0. The van der Waals surface area contributed by atoms with Crippen LogP contribution in [0.1, 0.15) is 69.7 Å². The number of hydrogen-bond acceptors (Lipinski definition) is 3. The summed E-state index contributed by atoms with van der Waals surface area (Å²) in [4.78, 5) is 7.24. The van der Waals surface area contributed by atoms with Gasteiger partial charge in [-0.1, -0.05) is 33.1 Å². The maximum atomic E-state index is 4.84. The van der Waals surface area contributed by atoms with E-state index in [4.69, 9.17) is 10.1 Å². The second-order valence-electron chi connectivity index (χ2n) is 6.69. The summed E-state index contributed by atoms with van der Waals surface area (Å²) in [6.07, 6.45) is 7.66. The van der Waals surface area contributed by atoms with Gasteiger partial charge in [-0.05, 0) is 26.2 Å². The molecule has 0 bridgehead atoms. The standard InChI is InChI=1S/C18H28N4/c1-4-5-6-9-14(2)16-13-18-19-17(21-10-7-8-11-21)12-15(3)22(18)20-16/h12-14H,4-11H2,1-3H3. The Hall–Kier alpha value is -1.58. The van der Waals surface area contributed by atoms with Gasteiger partial charge in [-0.15, -0.1) is 0 Å². The molecule has 0 radical (unpaired) electrons. The molecule has 4 nitrogen and oxygen atoms in total. The first-order chi connectivity index (χ1) is 10.7. The summed E-state index contributed by atoms with van der Waals surface area (Å²) in [5.41, 5.74) is 3.36. The van der Waals surface area contributed by atoms with Crippen LogP contribution in [0.5, 0.6) is 0 Å². The van der Waals surface area contributed by atoms with E-state index in [9.17, 15) is 0 Å². The summed E-state index contributed by atoms with van der Waals surface area (Å²) in [5, 5.41) is 4.79. The van der Waals surface area contributed by atoms with Crippen LogP contribution in [-0.2, 0) is 0 Å². The van der Waals surface area contributed by atoms with E-state index in [0.717, 1.165) is 24.6 Å². The summed E-state index contributed by atoms with van der Waals surface area (Å²) in [6.45, 7) is 8.94. The average molecular weight is 300 g/mol. The second kappa shape index (κ2) is 6.67. The van der Waals surface area contributed by atoms with E-state index in [0.29, 0.717) is 5.92 Å². The van der Waals surface area contributed by atoms with E-state index in [1.807, 2.05) is 4.52 Å². The molecule has 4 heteroatoms. The molecular weight excluding hydrogens is 272 g/mol. The van der Waals surface area contributed by atoms with Crippen LogP contribution in [-0.4, -0.2) is 27.7 Å². The van der Waals surface area contributed by atoms with Crippen molar-refractivity contribution >= 4 is 11.5 Å². The Bertz CT molecular complexity index is 625. The molecule has 120 valence electrons. The third kappa shape index (κ3) is 3.11. The average Bonchev–Trinajstić information content (AvgIpc) is 3.16. The van der Waals surface area contributed by atoms with Gasteiger partial charge in [0, 0.05) is 36.8 Å². The van der Waals surface area contributed by atoms with Gasteiger partial charge in [0.25, 0.3) is 0 Å². The van der Waals surface area contributed by atoms with Gasteiger partial charge < -0.3 is 4.90 Å². The zero-order valence-electron chi connectivity index (χ0n) is 14.2. The van der Waals surface area contributed by atoms with E-state index < -0.39 is 0 Å². The molecule has 0 aromatic carbocycles. The van der Waals surface area contributed by atoms with Crippen molar-refractivity contribution in [1.29, 1.82) is 0 Å². The van der Waals surface area contributed by atoms with Gasteiger partial charge >= 0.3 is 0 Å². The van der Waals surface area contributed by atoms with E-state index in [-0.39, 0.29) is 0 Å². The Morgan fingerprint density at radius 1 is 1.18 bits per heavy atom. The molecule has 0 N–H and O–H groups in total. The summed E-state index contributed by atoms with van der Waals surface area (Å²) in [6, 6.07) is 4.36. The Morgan fingerprint density at radius 2 is 1.95 bits per heavy atom. The quantitative estimate of drug-likeness (QED) is 0.745. The molecule has 0 aliphatic carbocycles. The lowest BCUT2D eigenvalue weighted by Gasteiger charge is -2.16. The van der Waals surface area contributed by atoms with Crippen molar-refractivity contribution in [2.75, 3.05) is 18.0 Å². The molecule has 1 fully saturated rings. The molecule has 2 aromatic heterocycles. The van der Waals surface area contributed by atoms with Crippen LogP contribution in [0, 0.1) is 6.92 Å². The maximum Gasteiger partial charge on any atom is 0.157 e. The Labute approximate surface area is 133 Å². The molecule has 22 heavy (non-hydrogen) atoms. The van der Waals surface area contributed by atoms with Crippen LogP contribution in [0.15, 0.2) is 12.1 Å². The van der Waals surface area contributed by atoms with Crippen molar-refractivity contribution in [2.24, 2.45) is 0 Å². The van der Waals surface area contributed by atoms with Crippen molar-refractivity contribution in [1.82, 2.24) is 14.6 Å². The molecule has 2 aromatic rings. The minimum absolute atomic E-state index is 0.517. The minimum atomic E-state index is 0.517. The van der Waals surface area contributed by atoms with Crippen molar-refractivity contribution in [3.63, 3.8) is 0 Å². The molecule has 1 saturated heterocycles. The van der Waals surface area contributed by atoms with Gasteiger partial charge in [-0.3, -0.25) is 0 Å². The first-order valence-corrected chi connectivity index (χ1v) is 8.81. The summed E-state index contributed by atoms with van der Waals surface area (Å²) in [5.74, 6) is 1.63. The van der Waals surface area contributed by atoms with E-state index in [2.05, 4.69) is 37.8 Å². The van der Waals surface area contributed by atoms with Crippen LogP contribution in [0.3, 0.4) is 0 Å². The molecule has 1 aliphatic rings. The molecule has 1 unspecified atom stereocenters. The molecule has 0 saturated carbocycles. The Kier molecular flexibility index (Phi) is 4.65. The first-order valence-electron chi connectivity index (χ1n) is 8.81. The highest BCUT2D eigenvalue weighted by molar-refractivity contribution is 5.51. The Balaban J connectivity index is 1.83. The highest BCUT2D eigenvalue weighted by Gasteiger charge is 2.17. The highest BCUT2D eigenvalue weighted by atomic mass is 15.3. The van der Waals surface area contributed by atoms with Crippen LogP contribution in [0.4, 0.5) is 5.82 Å². The first kappa shape index (κ1) is 15.3. The number of rotatable bonds is 6. The maximum absolute atomic E-state index is 4.84. The third-order valence-corrected chi connectivity index (χ3v) is 4.79. The van der Waals surface area contributed by atoms with Gasteiger partial charge in [0.1, 0.15) is 5.82 Å². The molecule has 1 aliphatic heterocycles. The number of unbranched alkanes of at least 4 members (excludes halogenated alkanes) is 2. The number of aromatic nitrogens is 3. The highest BCUT2D eigenvalue weighted by Crippen LogP contribution is 2.25. The molecular formula is C18H28N4. The zero-order valence-corrected chi connectivity index (χ0v) is 14.2. The number of anilines is 1. The number of nitrogens with zero attached hydrogens (tertiary/aromatic N) is 4. The predicted molar refractivity (Wildman–Crippen MR) is 91.7 cm³/mol. The number of hydrogen-bond donors (Lipinski definition) is 0. The van der Waals surface area contributed by atoms with Gasteiger partial charge in [-0.25, -0.2) is 9.50 Å². The fourth-order valence-electron chi connectivity index (χ4n) is 3.32. The van der Waals surface area contributed by atoms with Crippen molar-refractivity contribution in [3.8, 4) is 0 Å². The van der Waals surface area contributed by atoms with Gasteiger partial charge in [-0.2, -0.15) is 5.10 Å². The molecule has 3 heterocycles. The molecule has 1 atom stereocenters. The van der Waals surface area contributed by atoms with Crippen LogP contribution < -0.4 is 4.90 Å². The van der Waals surface area contributed by atoms with Crippen molar-refractivity contribution in [3.05, 3.63) is 23.5 Å². The summed E-state index contributed by atoms with van der Waals surface area (Å²) in [7, 11) is 0. The smallest absolute Gasteiger partial charge is 0.157 e. The van der Waals surface area contributed by atoms with Gasteiger partial charge in [0.2, 0.25) is 0 Å². The fraction of sp³-hybridized carbons (Fsp3) is 0.667. The third-order valence-electron chi connectivity index (χ3n) is 4.79. The minimum Gasteiger partial charge on any atom is -0.356 e. The van der Waals surface area contributed by atoms with Gasteiger partial charge in [0.15, 0.2) is 5.65 Å². The lowest BCUT2D eigenvalue weighted by molar-refractivity contribution is 0.584. The lowest BCUT2D eigenvalue weighted by Crippen LogP contribution is -2.19. The van der Waals surface area contributed by atoms with E-state index in [1.165, 1.54) is 49.9 Å². The van der Waals surface area contributed by atoms with Crippen molar-refractivity contribution < 1.29 is 0 Å². The molecule has 0 spiro atoms. The zero-order chi connectivity index (χ0) is 15.5. The SMILES string of the molecule is CCCCCC(C)c1cc2nc(N3CCCC3)cc(C)n2n1. The van der Waals surface area contributed by atoms with E-state index in [1.54, 1.807) is 0 Å². The predicted octanol–water partition coefficient (Wildman–Crippen LogP) is 4.32. The molecule has 0 amide bonds. The summed E-state index contributed by atoms with van der Waals surface area (Å²) >= 11 is 0. The second-order valence-corrected chi connectivity index (χ2v) is 6.69. The van der Waals surface area contributed by atoms with E-state index >= 15 is 0 Å². The number of fused-ring (bicyclic) bond motifs is 1. The van der Waals surface area contributed by atoms with Crippen LogP contribution >= 0.6 is 0 Å². The largest absolute Gasteiger partial charge is 0.356 e. The topological polar surface area (TPSA) is 33.4 Å². The Morgan fingerprint density at radius 3 is 2.68 bits per heavy atom.